The second-order valence-corrected chi connectivity index (χ2v) is 30.0. The first-order valence-corrected chi connectivity index (χ1v) is 37.7. The number of likely N-dealkylation sites (tertiary alicyclic amines) is 1. The van der Waals surface area contributed by atoms with Gasteiger partial charge in [-0.25, -0.2) is 45.2 Å². The van der Waals surface area contributed by atoms with Gasteiger partial charge in [0.25, 0.3) is 0 Å². The number of urea groups is 2. The second-order valence-electron chi connectivity index (χ2n) is 24.8. The molecule has 4 aromatic carbocycles. The van der Waals surface area contributed by atoms with Gasteiger partial charge < -0.3 is 61.2 Å². The number of sulfonamides is 2. The number of nitrogens with one attached hydrogen (secondary N) is 6. The average molecular weight is 1480 g/mol. The standard InChI is InChI=1S/C65H87Cl4N15O12S2/c66-44-32-57-55(59(68)34-44)36-54(43-5-3-6-46(70)31-43)62(57)95-50-8-12-52(13-9-50)97(87,88)76-18-23-91-27-29-93-25-21-83-41-48(78-80-83)38-74-64(85)72-16-1-2-17-73-65(86)75-39-49-42-84(81-79-49)22-26-94-30-28-92-24-19-77-98(89,90)53-14-10-51(11-15-53)96-63-58-33-45(67)35-60(69)56(58)37-61(63)82-20-4-7-47(71)40-82/h8-15,32-35,41-43,46-47,54,61-63,76-77H,1-7,16-31,36-40,70-71H2,(H2,72,74,85)(H2,73,75,86)/t43?,46-,47-,54-,61+,62-,63+/m1/s1. The van der Waals surface area contributed by atoms with Crippen molar-refractivity contribution in [3.63, 3.8) is 0 Å². The number of aromatic nitrogens is 6. The van der Waals surface area contributed by atoms with Crippen molar-refractivity contribution in [2.24, 2.45) is 23.3 Å². The van der Waals surface area contributed by atoms with Crippen molar-refractivity contribution in [3.8, 4) is 11.5 Å². The van der Waals surface area contributed by atoms with E-state index in [1.165, 1.54) is 24.3 Å². The van der Waals surface area contributed by atoms with Crippen LogP contribution < -0.4 is 51.7 Å². The van der Waals surface area contributed by atoms with E-state index in [4.69, 9.17) is 86.3 Å². The van der Waals surface area contributed by atoms with Gasteiger partial charge in [-0.2, -0.15) is 0 Å². The van der Waals surface area contributed by atoms with Gasteiger partial charge >= 0.3 is 12.1 Å². The SMILES string of the molecule is N[C@@H]1CCCC([C@H]2Cc3c(Cl)cc(Cl)cc3[C@@H]2Oc2ccc(S(=O)(=O)NCCOCCOCCn3cc(CNC(=O)NCCCCNC(=O)NCc4cn(CCOCCOCCNS(=O)(=O)c5ccc(O[C@H]6c7cc(Cl)cc(Cl)c7C[C@@H]6N6CCC[C@@H](N)C6)cc5)nn4)nn3)cc2)C1. The van der Waals surface area contributed by atoms with Crippen LogP contribution in [0.1, 0.15) is 97.2 Å². The van der Waals surface area contributed by atoms with Crippen LogP contribution in [0.15, 0.2) is 95.0 Å². The summed E-state index contributed by atoms with van der Waals surface area (Å²) in [6, 6.07) is 19.6. The maximum atomic E-state index is 13.1. The summed E-state index contributed by atoms with van der Waals surface area (Å²) in [6.07, 6.45) is 11.5. The third-order valence-corrected chi connectivity index (χ3v) is 21.7. The lowest BCUT2D eigenvalue weighted by atomic mass is 9.76. The van der Waals surface area contributed by atoms with Crippen molar-refractivity contribution in [1.82, 2.24) is 65.6 Å². The molecular formula is C65H87Cl4N15O12S2. The van der Waals surface area contributed by atoms with Crippen LogP contribution in [0.3, 0.4) is 0 Å². The van der Waals surface area contributed by atoms with Gasteiger partial charge in [0.1, 0.15) is 35.1 Å². The van der Waals surface area contributed by atoms with Gasteiger partial charge in [0, 0.05) is 76.4 Å². The van der Waals surface area contributed by atoms with Gasteiger partial charge in [-0.1, -0.05) is 63.3 Å². The van der Waals surface area contributed by atoms with Crippen molar-refractivity contribution < 1.29 is 54.8 Å². The number of ether oxygens (including phenoxy) is 6. The Morgan fingerprint density at radius 2 is 1.03 bits per heavy atom. The van der Waals surface area contributed by atoms with Crippen LogP contribution in [0.5, 0.6) is 11.5 Å². The van der Waals surface area contributed by atoms with Gasteiger partial charge in [0.05, 0.1) is 107 Å². The lowest BCUT2D eigenvalue weighted by molar-refractivity contribution is 0.0459. The minimum absolute atomic E-state index is 0.00357. The molecule has 1 unspecified atom stereocenters. The summed E-state index contributed by atoms with van der Waals surface area (Å²) in [6.45, 7) is 5.75. The van der Waals surface area contributed by atoms with E-state index in [2.05, 4.69) is 56.2 Å². The van der Waals surface area contributed by atoms with Crippen molar-refractivity contribution in [2.45, 2.75) is 131 Å². The Bertz CT molecular complexity index is 3560. The molecule has 2 fully saturated rings. The van der Waals surface area contributed by atoms with E-state index >= 15 is 0 Å². The predicted octanol–water partition coefficient (Wildman–Crippen LogP) is 6.86. The Morgan fingerprint density at radius 3 is 1.54 bits per heavy atom. The van der Waals surface area contributed by atoms with Crippen LogP contribution in [0.25, 0.3) is 0 Å². The number of piperidine rings is 1. The zero-order valence-electron chi connectivity index (χ0n) is 54.4. The number of benzene rings is 4. The number of nitrogens with two attached hydrogens (primary N) is 2. The summed E-state index contributed by atoms with van der Waals surface area (Å²) in [4.78, 5) is 27.4. The summed E-state index contributed by atoms with van der Waals surface area (Å²) < 4.78 is 96.4. The zero-order chi connectivity index (χ0) is 69.0. The molecule has 4 amide bonds. The molecule has 6 aromatic rings. The molecule has 1 saturated carbocycles. The smallest absolute Gasteiger partial charge is 0.315 e. The molecule has 7 atom stereocenters. The molecule has 4 aliphatic rings. The number of fused-ring (bicyclic) bond motifs is 2. The minimum atomic E-state index is -3.82. The third kappa shape index (κ3) is 21.8. The van der Waals surface area contributed by atoms with Crippen LogP contribution in [-0.2, 0) is 78.0 Å². The molecule has 10 rings (SSSR count). The number of carbonyl (C=O) groups excluding carboxylic acids is 2. The van der Waals surface area contributed by atoms with Crippen LogP contribution in [0, 0.1) is 11.8 Å². The largest absolute Gasteiger partial charge is 0.485 e. The Morgan fingerprint density at radius 1 is 0.551 bits per heavy atom. The fraction of sp³-hybridized carbons (Fsp3) is 0.538. The highest BCUT2D eigenvalue weighted by atomic mass is 35.5. The van der Waals surface area contributed by atoms with E-state index in [1.807, 2.05) is 12.1 Å². The summed E-state index contributed by atoms with van der Waals surface area (Å²) in [5, 5.41) is 29.8. The number of hydrogen-bond acceptors (Lipinski definition) is 19. The number of unbranched alkanes of at least 4 members (excludes halogenated alkanes) is 1. The number of halogens is 4. The van der Waals surface area contributed by atoms with Gasteiger partial charge in [-0.3, -0.25) is 4.90 Å². The van der Waals surface area contributed by atoms with E-state index in [1.54, 1.807) is 58.2 Å². The van der Waals surface area contributed by atoms with Crippen molar-refractivity contribution in [3.05, 3.63) is 139 Å². The van der Waals surface area contributed by atoms with E-state index in [0.29, 0.717) is 108 Å². The van der Waals surface area contributed by atoms with E-state index < -0.39 is 20.0 Å². The molecular weight excluding hydrogens is 1390 g/mol. The molecule has 1 saturated heterocycles. The van der Waals surface area contributed by atoms with Crippen molar-refractivity contribution >= 4 is 78.5 Å². The molecule has 0 spiro atoms. The summed E-state index contributed by atoms with van der Waals surface area (Å²) in [5.74, 6) is 1.61. The van der Waals surface area contributed by atoms with Crippen LogP contribution in [0.2, 0.25) is 20.1 Å². The Balaban J connectivity index is 0.500. The number of carbonyl (C=O) groups is 2. The number of amides is 4. The molecule has 1 aliphatic heterocycles. The molecule has 0 radical (unpaired) electrons. The van der Waals surface area contributed by atoms with E-state index in [0.717, 1.165) is 80.3 Å². The molecule has 534 valence electrons. The molecule has 27 nitrogen and oxygen atoms in total. The average Bonchev–Trinajstić information content (AvgIpc) is 1.62. The summed E-state index contributed by atoms with van der Waals surface area (Å²) >= 11 is 26.2. The van der Waals surface area contributed by atoms with Crippen LogP contribution in [0.4, 0.5) is 9.59 Å². The van der Waals surface area contributed by atoms with Gasteiger partial charge in [-0.05, 0) is 160 Å². The summed E-state index contributed by atoms with van der Waals surface area (Å²) in [5.41, 5.74) is 17.8. The molecule has 0 bridgehead atoms. The van der Waals surface area contributed by atoms with Gasteiger partial charge in [0.15, 0.2) is 0 Å². The maximum Gasteiger partial charge on any atom is 0.315 e. The monoisotopic (exact) mass is 1470 g/mol. The fourth-order valence-electron chi connectivity index (χ4n) is 12.8. The normalized spacial score (nSPS) is 20.2. The molecule has 33 heteroatoms. The topological polar surface area (TPSA) is 347 Å². The molecule has 10 N–H and O–H groups in total. The third-order valence-electron chi connectivity index (χ3n) is 17.7. The number of hydrogen-bond donors (Lipinski definition) is 8. The summed E-state index contributed by atoms with van der Waals surface area (Å²) in [7, 11) is -7.63. The molecule has 98 heavy (non-hydrogen) atoms. The molecule has 2 aromatic heterocycles. The van der Waals surface area contributed by atoms with E-state index in [9.17, 15) is 26.4 Å². The Hall–Kier alpha value is -6.00. The highest BCUT2D eigenvalue weighted by Crippen LogP contribution is 2.50. The zero-order valence-corrected chi connectivity index (χ0v) is 59.1. The lowest BCUT2D eigenvalue weighted by Gasteiger charge is -2.38. The highest BCUT2D eigenvalue weighted by Gasteiger charge is 2.43. The van der Waals surface area contributed by atoms with Crippen LogP contribution >= 0.6 is 46.4 Å². The van der Waals surface area contributed by atoms with Crippen molar-refractivity contribution in [1.29, 1.82) is 0 Å². The number of rotatable bonds is 37. The quantitative estimate of drug-likeness (QED) is 0.0185. The lowest BCUT2D eigenvalue weighted by Crippen LogP contribution is -2.49. The first kappa shape index (κ1) is 74.7. The highest BCUT2D eigenvalue weighted by molar-refractivity contribution is 7.89. The first-order valence-electron chi connectivity index (χ1n) is 33.2. The first-order chi connectivity index (χ1) is 47.3. The predicted molar refractivity (Wildman–Crippen MR) is 369 cm³/mol. The fourth-order valence-corrected chi connectivity index (χ4v) is 16.0. The maximum absolute atomic E-state index is 13.1. The van der Waals surface area contributed by atoms with Crippen molar-refractivity contribution in [2.75, 3.05) is 92.1 Å². The minimum Gasteiger partial charge on any atom is -0.485 e. The Labute approximate surface area is 591 Å². The Kier molecular flexibility index (Phi) is 27.9. The van der Waals surface area contributed by atoms with Crippen LogP contribution in [-0.4, -0.2) is 174 Å². The second kappa shape index (κ2) is 36.6. The number of nitrogens with zero attached hydrogens (tertiary/aromatic N) is 7. The van der Waals surface area contributed by atoms with E-state index in [-0.39, 0.29) is 124 Å². The molecule has 3 aliphatic carbocycles. The van der Waals surface area contributed by atoms with Gasteiger partial charge in [0.2, 0.25) is 20.0 Å². The van der Waals surface area contributed by atoms with Gasteiger partial charge in [-0.15, -0.1) is 10.2 Å². The molecule has 3 heterocycles.